The Hall–Kier alpha value is 0.350. The van der Waals surface area contributed by atoms with Crippen molar-refractivity contribution >= 4 is 8.38 Å². The Morgan fingerprint density at radius 3 is 2.30 bits per heavy atom. The predicted molar refractivity (Wildman–Crippen MR) is 45.3 cm³/mol. The summed E-state index contributed by atoms with van der Waals surface area (Å²) in [4.78, 5) is 0. The average molecular weight is 164 g/mol. The lowest BCUT2D eigenvalue weighted by Crippen LogP contribution is -1.99. The number of hydrogen-bond acceptors (Lipinski definition) is 2. The molecule has 0 spiro atoms. The fraction of sp³-hybridized carbons (Fsp3) is 1.00. The van der Waals surface area contributed by atoms with E-state index in [0.717, 1.165) is 13.0 Å². The molecule has 0 aromatic heterocycles. The summed E-state index contributed by atoms with van der Waals surface area (Å²) in [6, 6.07) is 0. The first kappa shape index (κ1) is 10.3. The van der Waals surface area contributed by atoms with Gasteiger partial charge in [-0.05, 0) is 6.42 Å². The van der Waals surface area contributed by atoms with Crippen LogP contribution in [-0.4, -0.2) is 19.4 Å². The Kier molecular flexibility index (Phi) is 6.30. The second kappa shape index (κ2) is 6.09. The topological polar surface area (TPSA) is 18.5 Å². The Labute approximate surface area is 64.8 Å². The van der Waals surface area contributed by atoms with Gasteiger partial charge in [0, 0.05) is 12.8 Å². The van der Waals surface area contributed by atoms with Crippen molar-refractivity contribution in [1.29, 1.82) is 0 Å². The highest BCUT2D eigenvalue weighted by Crippen LogP contribution is 2.42. The van der Waals surface area contributed by atoms with Crippen LogP contribution in [0, 0.1) is 0 Å². The van der Waals surface area contributed by atoms with E-state index in [-0.39, 0.29) is 0 Å². The molecule has 0 aliphatic heterocycles. The SMILES string of the molecule is CCCOP(OC)C(C)C. The van der Waals surface area contributed by atoms with Crippen molar-refractivity contribution < 1.29 is 9.05 Å². The van der Waals surface area contributed by atoms with Gasteiger partial charge in [0.15, 0.2) is 8.38 Å². The summed E-state index contributed by atoms with van der Waals surface area (Å²) in [5, 5.41) is 0. The third-order valence-electron chi connectivity index (χ3n) is 1.02. The van der Waals surface area contributed by atoms with Gasteiger partial charge >= 0.3 is 0 Å². The molecule has 0 aromatic rings. The Balaban J connectivity index is 3.40. The normalized spacial score (nSPS) is 14.1. The molecular weight excluding hydrogens is 147 g/mol. The van der Waals surface area contributed by atoms with Gasteiger partial charge in [0.1, 0.15) is 0 Å². The van der Waals surface area contributed by atoms with Gasteiger partial charge < -0.3 is 9.05 Å². The van der Waals surface area contributed by atoms with Crippen LogP contribution < -0.4 is 0 Å². The summed E-state index contributed by atoms with van der Waals surface area (Å²) in [6.45, 7) is 7.15. The maximum atomic E-state index is 5.44. The molecule has 0 saturated carbocycles. The quantitative estimate of drug-likeness (QED) is 0.581. The predicted octanol–water partition coefficient (Wildman–Crippen LogP) is 2.78. The summed E-state index contributed by atoms with van der Waals surface area (Å²) < 4.78 is 10.6. The minimum absolute atomic E-state index is 0.506. The molecule has 2 nitrogen and oxygen atoms in total. The summed E-state index contributed by atoms with van der Waals surface area (Å²) in [5.41, 5.74) is 0.506. The fourth-order valence-electron chi connectivity index (χ4n) is 0.594. The van der Waals surface area contributed by atoms with E-state index in [1.165, 1.54) is 0 Å². The third-order valence-corrected chi connectivity index (χ3v) is 2.66. The zero-order chi connectivity index (χ0) is 7.98. The van der Waals surface area contributed by atoms with E-state index in [1.54, 1.807) is 7.11 Å². The maximum absolute atomic E-state index is 5.44. The van der Waals surface area contributed by atoms with Crippen LogP contribution in [0.25, 0.3) is 0 Å². The largest absolute Gasteiger partial charge is 0.337 e. The molecule has 3 heteroatoms. The summed E-state index contributed by atoms with van der Waals surface area (Å²) in [7, 11) is 1.09. The standard InChI is InChI=1S/C7H17O2P/c1-5-6-9-10(8-4)7(2)3/h7H,5-6H2,1-4H3. The Morgan fingerprint density at radius 1 is 1.40 bits per heavy atom. The first-order chi connectivity index (χ1) is 4.72. The monoisotopic (exact) mass is 164 g/mol. The molecule has 0 heterocycles. The molecule has 0 bridgehead atoms. The summed E-state index contributed by atoms with van der Waals surface area (Å²) in [6.07, 6.45) is 1.06. The lowest BCUT2D eigenvalue weighted by molar-refractivity contribution is 0.279. The van der Waals surface area contributed by atoms with Crippen molar-refractivity contribution in [1.82, 2.24) is 0 Å². The minimum Gasteiger partial charge on any atom is -0.337 e. The average Bonchev–Trinajstić information content (AvgIpc) is 1.89. The van der Waals surface area contributed by atoms with E-state index in [4.69, 9.17) is 9.05 Å². The van der Waals surface area contributed by atoms with E-state index in [2.05, 4.69) is 20.8 Å². The first-order valence-corrected chi connectivity index (χ1v) is 4.93. The van der Waals surface area contributed by atoms with Crippen LogP contribution in [0.1, 0.15) is 27.2 Å². The van der Waals surface area contributed by atoms with Gasteiger partial charge in [-0.25, -0.2) is 0 Å². The molecule has 0 radical (unpaired) electrons. The van der Waals surface area contributed by atoms with Crippen LogP contribution in [-0.2, 0) is 9.05 Å². The van der Waals surface area contributed by atoms with Crippen LogP contribution in [0.4, 0.5) is 0 Å². The van der Waals surface area contributed by atoms with Crippen LogP contribution in [0.3, 0.4) is 0 Å². The molecule has 10 heavy (non-hydrogen) atoms. The summed E-state index contributed by atoms with van der Waals surface area (Å²) >= 11 is 0. The second-order valence-electron chi connectivity index (χ2n) is 2.39. The molecule has 0 aromatic carbocycles. The van der Waals surface area contributed by atoms with Gasteiger partial charge in [-0.3, -0.25) is 0 Å². The van der Waals surface area contributed by atoms with E-state index >= 15 is 0 Å². The molecule has 0 aliphatic rings. The molecular formula is C7H17O2P. The lowest BCUT2D eigenvalue weighted by atomic mass is 10.5. The van der Waals surface area contributed by atoms with Crippen molar-refractivity contribution in [2.24, 2.45) is 0 Å². The molecule has 0 aliphatic carbocycles. The number of hydrogen-bond donors (Lipinski definition) is 0. The molecule has 0 N–H and O–H groups in total. The molecule has 0 fully saturated rings. The van der Waals surface area contributed by atoms with E-state index < -0.39 is 8.38 Å². The Morgan fingerprint density at radius 2 is 2.00 bits per heavy atom. The van der Waals surface area contributed by atoms with Crippen molar-refractivity contribution in [3.8, 4) is 0 Å². The Bertz CT molecular complexity index is 76.0. The van der Waals surface area contributed by atoms with Crippen molar-refractivity contribution in [3.05, 3.63) is 0 Å². The van der Waals surface area contributed by atoms with E-state index in [1.807, 2.05) is 0 Å². The van der Waals surface area contributed by atoms with E-state index in [0.29, 0.717) is 5.66 Å². The molecule has 1 atom stereocenters. The molecule has 0 amide bonds. The van der Waals surface area contributed by atoms with Crippen molar-refractivity contribution in [2.45, 2.75) is 32.9 Å². The zero-order valence-electron chi connectivity index (χ0n) is 7.26. The van der Waals surface area contributed by atoms with Crippen LogP contribution in [0.2, 0.25) is 0 Å². The molecule has 62 valence electrons. The minimum atomic E-state index is -0.623. The highest BCUT2D eigenvalue weighted by Gasteiger charge is 2.11. The molecule has 0 saturated heterocycles. The van der Waals surface area contributed by atoms with Gasteiger partial charge in [-0.1, -0.05) is 20.8 Å². The van der Waals surface area contributed by atoms with Gasteiger partial charge in [0.2, 0.25) is 0 Å². The molecule has 1 unspecified atom stereocenters. The number of rotatable bonds is 5. The van der Waals surface area contributed by atoms with Gasteiger partial charge in [-0.15, -0.1) is 0 Å². The molecule has 0 rings (SSSR count). The highest BCUT2D eigenvalue weighted by molar-refractivity contribution is 7.47. The smallest absolute Gasteiger partial charge is 0.172 e. The van der Waals surface area contributed by atoms with Crippen molar-refractivity contribution in [3.63, 3.8) is 0 Å². The van der Waals surface area contributed by atoms with Gasteiger partial charge in [0.05, 0.1) is 6.61 Å². The van der Waals surface area contributed by atoms with Crippen LogP contribution in [0.5, 0.6) is 0 Å². The van der Waals surface area contributed by atoms with Gasteiger partial charge in [0.25, 0.3) is 0 Å². The second-order valence-corrected chi connectivity index (χ2v) is 4.62. The van der Waals surface area contributed by atoms with E-state index in [9.17, 15) is 0 Å². The van der Waals surface area contributed by atoms with Crippen molar-refractivity contribution in [2.75, 3.05) is 13.7 Å². The van der Waals surface area contributed by atoms with Crippen LogP contribution in [0.15, 0.2) is 0 Å². The lowest BCUT2D eigenvalue weighted by Gasteiger charge is -2.17. The summed E-state index contributed by atoms with van der Waals surface area (Å²) in [5.74, 6) is 0. The zero-order valence-corrected chi connectivity index (χ0v) is 8.15. The van der Waals surface area contributed by atoms with Crippen LogP contribution >= 0.6 is 8.38 Å². The highest BCUT2D eigenvalue weighted by atomic mass is 31.2. The first-order valence-electron chi connectivity index (χ1n) is 3.68. The fourth-order valence-corrected chi connectivity index (χ4v) is 1.78. The maximum Gasteiger partial charge on any atom is 0.172 e. The third kappa shape index (κ3) is 4.21. The van der Waals surface area contributed by atoms with Gasteiger partial charge in [-0.2, -0.15) is 0 Å².